The molecule has 0 aliphatic heterocycles. The molecule has 6 nitrogen and oxygen atoms in total. The summed E-state index contributed by atoms with van der Waals surface area (Å²) in [6, 6.07) is 10.7. The fraction of sp³-hybridized carbons (Fsp3) is 0.316. The van der Waals surface area contributed by atoms with Gasteiger partial charge >= 0.3 is 0 Å². The van der Waals surface area contributed by atoms with Gasteiger partial charge in [0.25, 0.3) is 0 Å². The van der Waals surface area contributed by atoms with Crippen LogP contribution in [0, 0.1) is 6.92 Å². The Morgan fingerprint density at radius 1 is 1.15 bits per heavy atom. The van der Waals surface area contributed by atoms with Gasteiger partial charge in [-0.15, -0.1) is 0 Å². The lowest BCUT2D eigenvalue weighted by atomic mass is 10.1. The molecule has 0 aliphatic rings. The molecule has 1 aromatic heterocycles. The van der Waals surface area contributed by atoms with Crippen molar-refractivity contribution >= 4 is 20.8 Å². The highest BCUT2D eigenvalue weighted by Gasteiger charge is 2.25. The van der Waals surface area contributed by atoms with Crippen LogP contribution < -0.4 is 4.74 Å². The summed E-state index contributed by atoms with van der Waals surface area (Å²) in [4.78, 5) is 0.275. The van der Waals surface area contributed by atoms with E-state index in [2.05, 4.69) is 5.10 Å². The van der Waals surface area contributed by atoms with E-state index in [-0.39, 0.29) is 11.4 Å². The van der Waals surface area contributed by atoms with E-state index in [1.807, 2.05) is 42.9 Å². The zero-order valence-electron chi connectivity index (χ0n) is 15.4. The molecule has 0 aliphatic carbocycles. The summed E-state index contributed by atoms with van der Waals surface area (Å²) < 4.78 is 34.9. The van der Waals surface area contributed by atoms with Crippen LogP contribution in [-0.4, -0.2) is 36.7 Å². The van der Waals surface area contributed by atoms with Crippen molar-refractivity contribution in [3.05, 3.63) is 53.9 Å². The van der Waals surface area contributed by atoms with E-state index in [0.717, 1.165) is 23.2 Å². The lowest BCUT2D eigenvalue weighted by Gasteiger charge is -2.19. The van der Waals surface area contributed by atoms with Crippen LogP contribution in [0.15, 0.2) is 47.5 Å². The summed E-state index contributed by atoms with van der Waals surface area (Å²) in [5.74, 6) is 0.655. The van der Waals surface area contributed by atoms with E-state index in [4.69, 9.17) is 4.74 Å². The molecule has 0 amide bonds. The summed E-state index contributed by atoms with van der Waals surface area (Å²) in [5, 5.41) is 5.82. The van der Waals surface area contributed by atoms with Crippen molar-refractivity contribution in [3.63, 3.8) is 0 Å². The van der Waals surface area contributed by atoms with E-state index < -0.39 is 10.0 Å². The molecular weight excluding hydrogens is 350 g/mol. The van der Waals surface area contributed by atoms with Gasteiger partial charge in [0.1, 0.15) is 5.75 Å². The fourth-order valence-corrected chi connectivity index (χ4v) is 4.36. The number of aryl methyl sites for hydroxylation is 2. The summed E-state index contributed by atoms with van der Waals surface area (Å²) in [7, 11) is -0.488. The number of aromatic nitrogens is 2. The Morgan fingerprint density at radius 3 is 2.46 bits per heavy atom. The van der Waals surface area contributed by atoms with E-state index in [1.165, 1.54) is 4.31 Å². The Morgan fingerprint density at radius 2 is 1.85 bits per heavy atom. The number of hydrogen-bond donors (Lipinski definition) is 0. The molecule has 0 unspecified atom stereocenters. The zero-order chi connectivity index (χ0) is 18.9. The summed E-state index contributed by atoms with van der Waals surface area (Å²) in [5.41, 5.74) is 1.74. The van der Waals surface area contributed by atoms with Gasteiger partial charge in [0.2, 0.25) is 10.0 Å². The van der Waals surface area contributed by atoms with Crippen LogP contribution in [-0.2, 0) is 23.1 Å². The van der Waals surface area contributed by atoms with Gasteiger partial charge in [0.05, 0.1) is 17.7 Å². The van der Waals surface area contributed by atoms with Gasteiger partial charge in [-0.25, -0.2) is 8.42 Å². The SMILES string of the molecule is CCn1cc(CN(C)S(=O)(=O)c2ccc(OC)c3ccccc23)c(C)n1. The van der Waals surface area contributed by atoms with Gasteiger partial charge in [-0.05, 0) is 26.0 Å². The third-order valence-corrected chi connectivity index (χ3v) is 6.38. The van der Waals surface area contributed by atoms with Crippen LogP contribution >= 0.6 is 0 Å². The lowest BCUT2D eigenvalue weighted by molar-refractivity contribution is 0.419. The molecule has 138 valence electrons. The molecule has 0 spiro atoms. The third kappa shape index (κ3) is 3.20. The monoisotopic (exact) mass is 373 g/mol. The Labute approximate surface area is 154 Å². The minimum atomic E-state index is -3.66. The Hall–Kier alpha value is -2.38. The number of benzene rings is 2. The molecule has 0 N–H and O–H groups in total. The fourth-order valence-electron chi connectivity index (χ4n) is 3.02. The van der Waals surface area contributed by atoms with Crippen LogP contribution in [0.1, 0.15) is 18.2 Å². The molecule has 0 saturated heterocycles. The number of fused-ring (bicyclic) bond motifs is 1. The number of sulfonamides is 1. The zero-order valence-corrected chi connectivity index (χ0v) is 16.2. The summed E-state index contributed by atoms with van der Waals surface area (Å²) >= 11 is 0. The molecule has 1 heterocycles. The summed E-state index contributed by atoms with van der Waals surface area (Å²) in [6.07, 6.45) is 1.90. The second-order valence-electron chi connectivity index (χ2n) is 6.17. The van der Waals surface area contributed by atoms with Crippen LogP contribution in [0.25, 0.3) is 10.8 Å². The number of methoxy groups -OCH3 is 1. The largest absolute Gasteiger partial charge is 0.496 e. The predicted octanol–water partition coefficient (Wildman–Crippen LogP) is 3.19. The number of hydrogen-bond acceptors (Lipinski definition) is 4. The smallest absolute Gasteiger partial charge is 0.243 e. The molecule has 0 atom stereocenters. The second-order valence-corrected chi connectivity index (χ2v) is 8.18. The van der Waals surface area contributed by atoms with Crippen molar-refractivity contribution in [2.24, 2.45) is 0 Å². The Kier molecular flexibility index (Phi) is 5.02. The van der Waals surface area contributed by atoms with Crippen molar-refractivity contribution < 1.29 is 13.2 Å². The van der Waals surface area contributed by atoms with Crippen molar-refractivity contribution in [2.75, 3.05) is 14.2 Å². The van der Waals surface area contributed by atoms with Gasteiger partial charge < -0.3 is 4.74 Å². The van der Waals surface area contributed by atoms with E-state index >= 15 is 0 Å². The molecule has 3 rings (SSSR count). The van der Waals surface area contributed by atoms with Crippen LogP contribution in [0.5, 0.6) is 5.75 Å². The topological polar surface area (TPSA) is 64.4 Å². The Bertz CT molecular complexity index is 1040. The first-order valence-corrected chi connectivity index (χ1v) is 9.87. The number of nitrogens with zero attached hydrogens (tertiary/aromatic N) is 3. The highest BCUT2D eigenvalue weighted by atomic mass is 32.2. The average Bonchev–Trinajstić information content (AvgIpc) is 3.00. The maximum Gasteiger partial charge on any atom is 0.243 e. The average molecular weight is 373 g/mol. The molecule has 0 bridgehead atoms. The van der Waals surface area contributed by atoms with Gasteiger partial charge in [-0.1, -0.05) is 24.3 Å². The van der Waals surface area contributed by atoms with Gasteiger partial charge in [0.15, 0.2) is 0 Å². The van der Waals surface area contributed by atoms with E-state index in [1.54, 1.807) is 32.4 Å². The first-order valence-electron chi connectivity index (χ1n) is 8.43. The van der Waals surface area contributed by atoms with Crippen LogP contribution in [0.3, 0.4) is 0 Å². The van der Waals surface area contributed by atoms with E-state index in [0.29, 0.717) is 11.1 Å². The van der Waals surface area contributed by atoms with Gasteiger partial charge in [-0.3, -0.25) is 4.68 Å². The van der Waals surface area contributed by atoms with Crippen LogP contribution in [0.4, 0.5) is 0 Å². The minimum absolute atomic E-state index is 0.272. The second kappa shape index (κ2) is 7.09. The molecule has 0 saturated carbocycles. The molecule has 26 heavy (non-hydrogen) atoms. The molecule has 0 radical (unpaired) electrons. The third-order valence-electron chi connectivity index (χ3n) is 4.52. The van der Waals surface area contributed by atoms with Crippen LogP contribution in [0.2, 0.25) is 0 Å². The van der Waals surface area contributed by atoms with Crippen molar-refractivity contribution in [1.29, 1.82) is 0 Å². The molecule has 3 aromatic rings. The number of rotatable bonds is 6. The summed E-state index contributed by atoms with van der Waals surface area (Å²) in [6.45, 7) is 4.92. The minimum Gasteiger partial charge on any atom is -0.496 e. The first kappa shape index (κ1) is 18.4. The van der Waals surface area contributed by atoms with Gasteiger partial charge in [0, 0.05) is 42.7 Å². The normalized spacial score (nSPS) is 12.0. The number of ether oxygens (including phenoxy) is 1. The van der Waals surface area contributed by atoms with Crippen molar-refractivity contribution in [3.8, 4) is 5.75 Å². The molecule has 2 aromatic carbocycles. The highest BCUT2D eigenvalue weighted by molar-refractivity contribution is 7.89. The molecule has 7 heteroatoms. The molecule has 0 fully saturated rings. The first-order chi connectivity index (χ1) is 12.4. The maximum absolute atomic E-state index is 13.2. The Balaban J connectivity index is 2.02. The molecular formula is C19H23N3O3S. The van der Waals surface area contributed by atoms with Crippen molar-refractivity contribution in [1.82, 2.24) is 14.1 Å². The highest BCUT2D eigenvalue weighted by Crippen LogP contribution is 2.32. The van der Waals surface area contributed by atoms with Crippen molar-refractivity contribution in [2.45, 2.75) is 31.8 Å². The quantitative estimate of drug-likeness (QED) is 0.666. The standard InChI is InChI=1S/C19H23N3O3S/c1-5-22-13-15(14(2)20-22)12-21(3)26(23,24)19-11-10-18(25-4)16-8-6-7-9-17(16)19/h6-11,13H,5,12H2,1-4H3. The predicted molar refractivity (Wildman–Crippen MR) is 102 cm³/mol. The van der Waals surface area contributed by atoms with Gasteiger partial charge in [-0.2, -0.15) is 9.40 Å². The lowest BCUT2D eigenvalue weighted by Crippen LogP contribution is -2.26. The maximum atomic E-state index is 13.2. The van der Waals surface area contributed by atoms with E-state index in [9.17, 15) is 8.42 Å².